The lowest BCUT2D eigenvalue weighted by molar-refractivity contribution is 0.0686. The van der Waals surface area contributed by atoms with Gasteiger partial charge in [-0.2, -0.15) is 0 Å². The van der Waals surface area contributed by atoms with Crippen LogP contribution >= 0.6 is 0 Å². The summed E-state index contributed by atoms with van der Waals surface area (Å²) in [6, 6.07) is 7.07. The highest BCUT2D eigenvalue weighted by Crippen LogP contribution is 2.21. The molecule has 0 aliphatic rings. The van der Waals surface area contributed by atoms with Gasteiger partial charge in [-0.15, -0.1) is 0 Å². The summed E-state index contributed by atoms with van der Waals surface area (Å²) in [5.41, 5.74) is 2.29. The normalized spacial score (nSPS) is 11.4. The van der Waals surface area contributed by atoms with Gasteiger partial charge in [-0.25, -0.2) is 19.6 Å². The quantitative estimate of drug-likeness (QED) is 0.500. The molecule has 0 radical (unpaired) electrons. The Labute approximate surface area is 179 Å². The van der Waals surface area contributed by atoms with Gasteiger partial charge in [0.2, 0.25) is 0 Å². The number of aromatic nitrogens is 4. The molecule has 31 heavy (non-hydrogen) atoms. The van der Waals surface area contributed by atoms with E-state index in [1.165, 1.54) is 12.4 Å². The number of aromatic carboxylic acids is 2. The summed E-state index contributed by atoms with van der Waals surface area (Å²) in [6.07, 6.45) is 6.65. The molecule has 0 amide bonds. The lowest BCUT2D eigenvalue weighted by Crippen LogP contribution is -2.15. The first kappa shape index (κ1) is 22.0. The molecule has 0 atom stereocenters. The van der Waals surface area contributed by atoms with Crippen molar-refractivity contribution in [2.75, 3.05) is 0 Å². The predicted molar refractivity (Wildman–Crippen MR) is 119 cm³/mol. The van der Waals surface area contributed by atoms with Crippen LogP contribution in [0.15, 0.2) is 49.1 Å². The Kier molecular flexibility index (Phi) is 6.10. The molecule has 4 heterocycles. The zero-order valence-electron chi connectivity index (χ0n) is 18.0. The van der Waals surface area contributed by atoms with E-state index in [0.29, 0.717) is 0 Å². The van der Waals surface area contributed by atoms with Gasteiger partial charge in [0.1, 0.15) is 11.3 Å². The number of carboxylic acids is 2. The molecule has 0 aliphatic heterocycles. The van der Waals surface area contributed by atoms with Gasteiger partial charge < -0.3 is 19.3 Å². The number of hydrogen-bond donors (Lipinski definition) is 2. The van der Waals surface area contributed by atoms with E-state index in [-0.39, 0.29) is 16.5 Å². The zero-order chi connectivity index (χ0) is 22.8. The highest BCUT2D eigenvalue weighted by atomic mass is 16.4. The van der Waals surface area contributed by atoms with Crippen molar-refractivity contribution in [1.82, 2.24) is 19.1 Å². The summed E-state index contributed by atoms with van der Waals surface area (Å²) in [5, 5.41) is 19.4. The third-order valence-corrected chi connectivity index (χ3v) is 4.68. The minimum absolute atomic E-state index is 0.166. The van der Waals surface area contributed by atoms with Gasteiger partial charge in [0.15, 0.2) is 0 Å². The van der Waals surface area contributed by atoms with Crippen LogP contribution in [-0.4, -0.2) is 41.3 Å². The van der Waals surface area contributed by atoms with E-state index >= 15 is 0 Å². The maximum Gasteiger partial charge on any atom is 0.337 e. The van der Waals surface area contributed by atoms with Crippen molar-refractivity contribution in [2.24, 2.45) is 5.41 Å². The predicted octanol–water partition coefficient (Wildman–Crippen LogP) is 4.54. The monoisotopic (exact) mass is 422 g/mol. The molecule has 8 heteroatoms. The molecule has 0 fully saturated rings. The summed E-state index contributed by atoms with van der Waals surface area (Å²) in [4.78, 5) is 29.9. The summed E-state index contributed by atoms with van der Waals surface area (Å²) >= 11 is 0. The van der Waals surface area contributed by atoms with Crippen LogP contribution in [0.4, 0.5) is 0 Å². The minimum atomic E-state index is -0.942. The van der Waals surface area contributed by atoms with Gasteiger partial charge in [-0.1, -0.05) is 20.8 Å². The first-order valence-electron chi connectivity index (χ1n) is 9.95. The van der Waals surface area contributed by atoms with Crippen LogP contribution in [0.2, 0.25) is 0 Å². The van der Waals surface area contributed by atoms with Crippen molar-refractivity contribution in [2.45, 2.75) is 40.8 Å². The Hall–Kier alpha value is -3.68. The average Bonchev–Trinajstić information content (AvgIpc) is 3.30. The fourth-order valence-corrected chi connectivity index (χ4v) is 3.28. The van der Waals surface area contributed by atoms with Crippen LogP contribution in [0.1, 0.15) is 48.4 Å². The number of rotatable bonds is 4. The summed E-state index contributed by atoms with van der Waals surface area (Å²) in [6.45, 7) is 10.2. The van der Waals surface area contributed by atoms with E-state index in [4.69, 9.17) is 10.2 Å². The molecule has 4 rings (SSSR count). The third-order valence-electron chi connectivity index (χ3n) is 4.68. The van der Waals surface area contributed by atoms with Gasteiger partial charge in [-0.3, -0.25) is 0 Å². The summed E-state index contributed by atoms with van der Waals surface area (Å²) in [5.74, 6) is -1.88. The van der Waals surface area contributed by atoms with E-state index in [0.717, 1.165) is 35.2 Å². The van der Waals surface area contributed by atoms with Gasteiger partial charge in [0.25, 0.3) is 0 Å². The Morgan fingerprint density at radius 1 is 0.871 bits per heavy atom. The molecule has 162 valence electrons. The van der Waals surface area contributed by atoms with Crippen molar-refractivity contribution in [3.8, 4) is 0 Å². The maximum absolute atomic E-state index is 10.8. The Morgan fingerprint density at radius 3 is 1.74 bits per heavy atom. The average molecular weight is 422 g/mol. The number of pyridine rings is 2. The molecule has 8 nitrogen and oxygen atoms in total. The summed E-state index contributed by atoms with van der Waals surface area (Å²) in [7, 11) is 0. The standard InChI is InChI=1S/C13H16N2O2.C10H10N2O2/c1-13(2,3)8-15-5-4-9-6-10(12(16)17)7-14-11(9)15;1-2-12-4-3-7-5-8(10(13)14)6-11-9(7)12/h4-7H,8H2,1-3H3,(H,16,17);3-6H,2H2,1H3,(H,13,14). The first-order valence-corrected chi connectivity index (χ1v) is 9.95. The Balaban J connectivity index is 0.000000179. The number of carbonyl (C=O) groups is 2. The van der Waals surface area contributed by atoms with E-state index < -0.39 is 11.9 Å². The smallest absolute Gasteiger partial charge is 0.337 e. The van der Waals surface area contributed by atoms with Crippen LogP contribution in [0.25, 0.3) is 22.1 Å². The molecule has 0 aromatic carbocycles. The van der Waals surface area contributed by atoms with Gasteiger partial charge in [0.05, 0.1) is 11.1 Å². The third kappa shape index (κ3) is 5.09. The van der Waals surface area contributed by atoms with E-state index in [9.17, 15) is 9.59 Å². The maximum atomic E-state index is 10.8. The lowest BCUT2D eigenvalue weighted by atomic mass is 9.97. The second-order valence-electron chi connectivity index (χ2n) is 8.49. The molecule has 0 unspecified atom stereocenters. The Bertz CT molecular complexity index is 1250. The zero-order valence-corrected chi connectivity index (χ0v) is 18.0. The molecule has 4 aromatic rings. The van der Waals surface area contributed by atoms with Crippen LogP contribution < -0.4 is 0 Å². The van der Waals surface area contributed by atoms with E-state index in [1.807, 2.05) is 36.0 Å². The molecule has 0 bridgehead atoms. The van der Waals surface area contributed by atoms with Crippen molar-refractivity contribution in [3.63, 3.8) is 0 Å². The van der Waals surface area contributed by atoms with Crippen LogP contribution in [0.3, 0.4) is 0 Å². The highest BCUT2D eigenvalue weighted by molar-refractivity contribution is 5.92. The van der Waals surface area contributed by atoms with Crippen LogP contribution in [0.5, 0.6) is 0 Å². The number of aryl methyl sites for hydroxylation is 1. The second kappa shape index (κ2) is 8.59. The molecular weight excluding hydrogens is 396 g/mol. The van der Waals surface area contributed by atoms with Crippen molar-refractivity contribution >= 4 is 34.0 Å². The Morgan fingerprint density at radius 2 is 1.32 bits per heavy atom. The number of hydrogen-bond acceptors (Lipinski definition) is 4. The van der Waals surface area contributed by atoms with Crippen molar-refractivity contribution in [1.29, 1.82) is 0 Å². The molecular formula is C23H26N4O4. The highest BCUT2D eigenvalue weighted by Gasteiger charge is 2.14. The van der Waals surface area contributed by atoms with Crippen molar-refractivity contribution < 1.29 is 19.8 Å². The van der Waals surface area contributed by atoms with Crippen LogP contribution in [0, 0.1) is 5.41 Å². The largest absolute Gasteiger partial charge is 0.478 e. The van der Waals surface area contributed by atoms with E-state index in [2.05, 4.69) is 35.3 Å². The fraction of sp³-hybridized carbons (Fsp3) is 0.304. The molecule has 2 N–H and O–H groups in total. The molecule has 4 aromatic heterocycles. The first-order chi connectivity index (χ1) is 14.6. The van der Waals surface area contributed by atoms with Gasteiger partial charge >= 0.3 is 11.9 Å². The SMILES string of the molecule is CC(C)(C)Cn1ccc2cc(C(=O)O)cnc21.CCn1ccc2cc(C(=O)O)cnc21. The topological polar surface area (TPSA) is 110 Å². The summed E-state index contributed by atoms with van der Waals surface area (Å²) < 4.78 is 4.03. The molecule has 0 saturated heterocycles. The van der Waals surface area contributed by atoms with E-state index in [1.54, 1.807) is 12.1 Å². The van der Waals surface area contributed by atoms with Crippen molar-refractivity contribution in [3.05, 3.63) is 60.2 Å². The lowest BCUT2D eigenvalue weighted by Gasteiger charge is -2.19. The number of carboxylic acid groups (broad SMARTS) is 2. The second-order valence-corrected chi connectivity index (χ2v) is 8.49. The molecule has 0 saturated carbocycles. The minimum Gasteiger partial charge on any atom is -0.478 e. The van der Waals surface area contributed by atoms with Gasteiger partial charge in [-0.05, 0) is 36.6 Å². The molecule has 0 spiro atoms. The fourth-order valence-electron chi connectivity index (χ4n) is 3.28. The van der Waals surface area contributed by atoms with Crippen LogP contribution in [-0.2, 0) is 13.1 Å². The molecule has 0 aliphatic carbocycles. The number of nitrogens with zero attached hydrogens (tertiary/aromatic N) is 4. The van der Waals surface area contributed by atoms with Gasteiger partial charge in [0, 0.05) is 48.6 Å². The number of fused-ring (bicyclic) bond motifs is 2.